The highest BCUT2D eigenvalue weighted by molar-refractivity contribution is 7.16. The van der Waals surface area contributed by atoms with Gasteiger partial charge in [-0.15, -0.1) is 11.3 Å². The zero-order valence-electron chi connectivity index (χ0n) is 16.4. The van der Waals surface area contributed by atoms with E-state index in [0.29, 0.717) is 17.3 Å². The van der Waals surface area contributed by atoms with Gasteiger partial charge in [-0.3, -0.25) is 4.79 Å². The van der Waals surface area contributed by atoms with Crippen LogP contribution >= 0.6 is 11.3 Å². The molecule has 0 aliphatic heterocycles. The van der Waals surface area contributed by atoms with Gasteiger partial charge in [0.25, 0.3) is 5.78 Å². The smallest absolute Gasteiger partial charge is 0.357 e. The van der Waals surface area contributed by atoms with Crippen LogP contribution in [0.1, 0.15) is 58.5 Å². The summed E-state index contributed by atoms with van der Waals surface area (Å²) in [6.45, 7) is 7.75. The number of anilines is 1. The van der Waals surface area contributed by atoms with Crippen molar-refractivity contribution in [2.24, 2.45) is 0 Å². The molecule has 0 radical (unpaired) electrons. The van der Waals surface area contributed by atoms with Crippen molar-refractivity contribution in [2.75, 3.05) is 12.4 Å². The Morgan fingerprint density at radius 1 is 1.29 bits per heavy atom. The first-order chi connectivity index (χ1) is 13.3. The number of nitrogens with zero attached hydrogens (tertiary/aromatic N) is 5. The molecule has 1 N–H and O–H groups in total. The maximum absolute atomic E-state index is 12.4. The number of thiazole rings is 1. The minimum absolute atomic E-state index is 0.100. The lowest BCUT2D eigenvalue weighted by atomic mass is 10.1. The van der Waals surface area contributed by atoms with E-state index in [1.807, 2.05) is 27.7 Å². The van der Waals surface area contributed by atoms with Crippen LogP contribution < -0.4 is 5.32 Å². The number of aryl methyl sites for hydroxylation is 2. The summed E-state index contributed by atoms with van der Waals surface area (Å²) in [7, 11) is 1.31. The van der Waals surface area contributed by atoms with Gasteiger partial charge >= 0.3 is 5.97 Å². The fraction of sp³-hybridized carbons (Fsp3) is 0.444. The Kier molecular flexibility index (Phi) is 5.68. The minimum Gasteiger partial charge on any atom is -0.464 e. The summed E-state index contributed by atoms with van der Waals surface area (Å²) < 4.78 is 6.44. The zero-order valence-corrected chi connectivity index (χ0v) is 17.3. The summed E-state index contributed by atoms with van der Waals surface area (Å²) in [5, 5.41) is 7.34. The summed E-state index contributed by atoms with van der Waals surface area (Å²) in [4.78, 5) is 37.9. The molecule has 0 bridgehead atoms. The fourth-order valence-electron chi connectivity index (χ4n) is 2.96. The van der Waals surface area contributed by atoms with Crippen molar-refractivity contribution in [3.63, 3.8) is 0 Å². The fourth-order valence-corrected chi connectivity index (χ4v) is 3.93. The van der Waals surface area contributed by atoms with Gasteiger partial charge in [0.05, 0.1) is 7.11 Å². The monoisotopic (exact) mass is 402 g/mol. The molecule has 0 aromatic carbocycles. The Labute approximate surface area is 166 Å². The number of hydrogen-bond donors (Lipinski definition) is 1. The maximum Gasteiger partial charge on any atom is 0.357 e. The van der Waals surface area contributed by atoms with Crippen molar-refractivity contribution in [2.45, 2.75) is 46.5 Å². The molecular formula is C18H22N6O3S. The maximum atomic E-state index is 12.4. The van der Waals surface area contributed by atoms with Crippen LogP contribution in [0.2, 0.25) is 0 Å². The van der Waals surface area contributed by atoms with Crippen molar-refractivity contribution in [3.8, 4) is 0 Å². The predicted octanol–water partition coefficient (Wildman–Crippen LogP) is 2.68. The molecule has 28 heavy (non-hydrogen) atoms. The molecule has 1 amide bonds. The van der Waals surface area contributed by atoms with Gasteiger partial charge in [-0.05, 0) is 31.7 Å². The van der Waals surface area contributed by atoms with Crippen molar-refractivity contribution in [1.82, 2.24) is 24.6 Å². The van der Waals surface area contributed by atoms with Gasteiger partial charge < -0.3 is 10.1 Å². The molecule has 0 unspecified atom stereocenters. The number of nitrogens with one attached hydrogen (secondary N) is 1. The van der Waals surface area contributed by atoms with Gasteiger partial charge in [0.1, 0.15) is 6.33 Å². The molecular weight excluding hydrogens is 380 g/mol. The average Bonchev–Trinajstić information content (AvgIpc) is 3.27. The number of fused-ring (bicyclic) bond motifs is 1. The van der Waals surface area contributed by atoms with Gasteiger partial charge in [0.2, 0.25) is 5.91 Å². The number of ether oxygens (including phenoxy) is 1. The van der Waals surface area contributed by atoms with Crippen molar-refractivity contribution < 1.29 is 14.3 Å². The number of esters is 1. The number of carbonyl (C=O) groups excluding carboxylic acids is 2. The van der Waals surface area contributed by atoms with Crippen LogP contribution in [0.3, 0.4) is 0 Å². The number of methoxy groups -OCH3 is 1. The predicted molar refractivity (Wildman–Crippen MR) is 105 cm³/mol. The summed E-state index contributed by atoms with van der Waals surface area (Å²) in [6.07, 6.45) is 2.23. The van der Waals surface area contributed by atoms with E-state index in [4.69, 9.17) is 4.74 Å². The third-order valence-electron chi connectivity index (χ3n) is 4.39. The van der Waals surface area contributed by atoms with Crippen molar-refractivity contribution in [1.29, 1.82) is 0 Å². The molecule has 0 fully saturated rings. The van der Waals surface area contributed by atoms with Gasteiger partial charge in [-0.2, -0.15) is 10.1 Å². The molecule has 3 aromatic heterocycles. The Hall–Kier alpha value is -2.88. The molecule has 3 heterocycles. The average molecular weight is 402 g/mol. The second-order valence-electron chi connectivity index (χ2n) is 6.66. The summed E-state index contributed by atoms with van der Waals surface area (Å²) in [5.74, 6) is -0.0394. The molecule has 0 spiro atoms. The Morgan fingerprint density at radius 2 is 2.04 bits per heavy atom. The van der Waals surface area contributed by atoms with Crippen LogP contribution in [-0.2, 0) is 16.0 Å². The van der Waals surface area contributed by atoms with E-state index in [2.05, 4.69) is 25.4 Å². The quantitative estimate of drug-likeness (QED) is 0.631. The Bertz CT molecular complexity index is 1040. The second-order valence-corrected chi connectivity index (χ2v) is 7.69. The van der Waals surface area contributed by atoms with Gasteiger partial charge in [0, 0.05) is 22.7 Å². The lowest BCUT2D eigenvalue weighted by molar-refractivity contribution is -0.116. The molecule has 0 atom stereocenters. The minimum atomic E-state index is -0.501. The van der Waals surface area contributed by atoms with E-state index in [9.17, 15) is 9.59 Å². The number of amides is 1. The molecule has 148 valence electrons. The molecule has 10 heteroatoms. The topological polar surface area (TPSA) is 111 Å². The van der Waals surface area contributed by atoms with Crippen LogP contribution in [0.5, 0.6) is 0 Å². The van der Waals surface area contributed by atoms with Gasteiger partial charge in [-0.25, -0.2) is 19.3 Å². The van der Waals surface area contributed by atoms with Gasteiger partial charge in [0.15, 0.2) is 10.8 Å². The van der Waals surface area contributed by atoms with Crippen LogP contribution in [-0.4, -0.2) is 43.6 Å². The van der Waals surface area contributed by atoms with E-state index in [1.54, 1.807) is 4.52 Å². The van der Waals surface area contributed by atoms with Crippen LogP contribution in [0.15, 0.2) is 6.33 Å². The SMILES string of the molecule is COC(=O)c1nc(NC(=O)CCc2c(C)nc3ncnn3c2C)sc1C(C)C. The number of carbonyl (C=O) groups is 2. The number of rotatable bonds is 6. The molecule has 0 aliphatic rings. The highest BCUT2D eigenvalue weighted by Gasteiger charge is 2.22. The van der Waals surface area contributed by atoms with E-state index >= 15 is 0 Å². The molecule has 3 rings (SSSR count). The second kappa shape index (κ2) is 8.01. The third-order valence-corrected chi connectivity index (χ3v) is 5.66. The molecule has 0 saturated heterocycles. The lowest BCUT2D eigenvalue weighted by Gasteiger charge is -2.10. The number of aromatic nitrogens is 5. The summed E-state index contributed by atoms with van der Waals surface area (Å²) in [5.41, 5.74) is 2.96. The van der Waals surface area contributed by atoms with E-state index < -0.39 is 5.97 Å². The third kappa shape index (κ3) is 3.86. The standard InChI is InChI=1S/C18H22N6O3S/c1-9(2)15-14(16(26)27-5)23-18(28-15)22-13(25)7-6-12-10(3)21-17-19-8-20-24(17)11(12)4/h8-9H,6-7H2,1-5H3,(H,22,23,25). The summed E-state index contributed by atoms with van der Waals surface area (Å²) >= 11 is 1.29. The van der Waals surface area contributed by atoms with Crippen molar-refractivity contribution >= 4 is 34.1 Å². The molecule has 0 aliphatic carbocycles. The summed E-state index contributed by atoms with van der Waals surface area (Å²) in [6, 6.07) is 0. The highest BCUT2D eigenvalue weighted by atomic mass is 32.1. The first-order valence-corrected chi connectivity index (χ1v) is 9.68. The van der Waals surface area contributed by atoms with E-state index in [1.165, 1.54) is 24.8 Å². The van der Waals surface area contributed by atoms with Crippen LogP contribution in [0, 0.1) is 13.8 Å². The molecule has 9 nitrogen and oxygen atoms in total. The normalized spacial score (nSPS) is 11.2. The lowest BCUT2D eigenvalue weighted by Crippen LogP contribution is -2.14. The van der Waals surface area contributed by atoms with E-state index in [0.717, 1.165) is 21.8 Å². The van der Waals surface area contributed by atoms with Crippen LogP contribution in [0.4, 0.5) is 5.13 Å². The van der Waals surface area contributed by atoms with Crippen molar-refractivity contribution in [3.05, 3.63) is 33.8 Å². The first kappa shape index (κ1) is 19.9. The van der Waals surface area contributed by atoms with E-state index in [-0.39, 0.29) is 23.9 Å². The Balaban J connectivity index is 1.72. The highest BCUT2D eigenvalue weighted by Crippen LogP contribution is 2.30. The largest absolute Gasteiger partial charge is 0.464 e. The Morgan fingerprint density at radius 3 is 2.71 bits per heavy atom. The van der Waals surface area contributed by atoms with Crippen LogP contribution in [0.25, 0.3) is 5.78 Å². The van der Waals surface area contributed by atoms with Gasteiger partial charge in [-0.1, -0.05) is 13.8 Å². The molecule has 0 saturated carbocycles. The number of hydrogen-bond acceptors (Lipinski definition) is 8. The first-order valence-electron chi connectivity index (χ1n) is 8.86. The molecule has 3 aromatic rings. The zero-order chi connectivity index (χ0) is 20.4.